The quantitative estimate of drug-likeness (QED) is 0.346. The fraction of sp³-hybridized carbons (Fsp3) is 0.407. The first-order chi connectivity index (χ1) is 16.3. The highest BCUT2D eigenvalue weighted by molar-refractivity contribution is 7.81. The molecular formula is C27H34FN3O2S. The Bertz CT molecular complexity index is 1110. The predicted octanol–water partition coefficient (Wildman–Crippen LogP) is 5.66. The van der Waals surface area contributed by atoms with Crippen LogP contribution in [0.15, 0.2) is 48.5 Å². The van der Waals surface area contributed by atoms with Gasteiger partial charge in [0.2, 0.25) is 5.91 Å². The SMILES string of the molecule is CCOc1nc(CC)c(CNC(=O)[C@@H](S)CC(C)C)n1Cc1ccccc1-c1cccc(F)c1. The Kier molecular flexibility index (Phi) is 9.16. The number of hydrogen-bond donors (Lipinski definition) is 2. The zero-order valence-electron chi connectivity index (χ0n) is 20.3. The Morgan fingerprint density at radius 2 is 1.94 bits per heavy atom. The molecule has 5 nitrogen and oxygen atoms in total. The summed E-state index contributed by atoms with van der Waals surface area (Å²) in [5.41, 5.74) is 4.54. The van der Waals surface area contributed by atoms with Crippen molar-refractivity contribution in [2.24, 2.45) is 5.92 Å². The first-order valence-electron chi connectivity index (χ1n) is 11.8. The molecule has 0 aliphatic heterocycles. The van der Waals surface area contributed by atoms with Crippen molar-refractivity contribution in [2.45, 2.75) is 58.9 Å². The maximum atomic E-state index is 13.9. The Morgan fingerprint density at radius 3 is 2.62 bits per heavy atom. The number of halogens is 1. The number of thiol groups is 1. The monoisotopic (exact) mass is 483 g/mol. The zero-order valence-corrected chi connectivity index (χ0v) is 21.2. The lowest BCUT2D eigenvalue weighted by Crippen LogP contribution is -2.32. The number of hydrogen-bond acceptors (Lipinski definition) is 4. The molecule has 1 aromatic heterocycles. The number of aryl methyl sites for hydroxylation is 1. The van der Waals surface area contributed by atoms with Gasteiger partial charge in [0.25, 0.3) is 6.01 Å². The maximum Gasteiger partial charge on any atom is 0.297 e. The van der Waals surface area contributed by atoms with Crippen LogP contribution < -0.4 is 10.1 Å². The number of aromatic nitrogens is 2. The van der Waals surface area contributed by atoms with Crippen molar-refractivity contribution in [3.63, 3.8) is 0 Å². The van der Waals surface area contributed by atoms with Gasteiger partial charge in [0, 0.05) is 0 Å². The van der Waals surface area contributed by atoms with Crippen molar-refractivity contribution < 1.29 is 13.9 Å². The van der Waals surface area contributed by atoms with E-state index in [0.29, 0.717) is 44.5 Å². The minimum Gasteiger partial charge on any atom is -0.465 e. The van der Waals surface area contributed by atoms with Gasteiger partial charge in [-0.05, 0) is 54.5 Å². The van der Waals surface area contributed by atoms with Gasteiger partial charge in [-0.1, -0.05) is 57.2 Å². The summed E-state index contributed by atoms with van der Waals surface area (Å²) in [6, 6.07) is 15.0. The molecule has 0 aliphatic rings. The second-order valence-electron chi connectivity index (χ2n) is 8.69. The van der Waals surface area contributed by atoms with E-state index in [1.54, 1.807) is 6.07 Å². The Balaban J connectivity index is 1.95. The highest BCUT2D eigenvalue weighted by Gasteiger charge is 2.21. The van der Waals surface area contributed by atoms with Crippen LogP contribution in [-0.4, -0.2) is 27.3 Å². The van der Waals surface area contributed by atoms with Crippen LogP contribution in [0.4, 0.5) is 4.39 Å². The number of ether oxygens (including phenoxy) is 1. The molecule has 0 saturated heterocycles. The van der Waals surface area contributed by atoms with E-state index in [-0.39, 0.29) is 17.0 Å². The summed E-state index contributed by atoms with van der Waals surface area (Å²) in [6.07, 6.45) is 1.42. The zero-order chi connectivity index (χ0) is 24.7. The van der Waals surface area contributed by atoms with Crippen LogP contribution in [-0.2, 0) is 24.3 Å². The van der Waals surface area contributed by atoms with Gasteiger partial charge in [0.1, 0.15) is 5.82 Å². The van der Waals surface area contributed by atoms with Crippen LogP contribution in [0.2, 0.25) is 0 Å². The lowest BCUT2D eigenvalue weighted by Gasteiger charge is -2.17. The molecule has 0 radical (unpaired) electrons. The van der Waals surface area contributed by atoms with Crippen molar-refractivity contribution in [3.8, 4) is 17.1 Å². The van der Waals surface area contributed by atoms with Crippen LogP contribution in [0.5, 0.6) is 6.01 Å². The van der Waals surface area contributed by atoms with E-state index in [2.05, 4.69) is 31.8 Å². The van der Waals surface area contributed by atoms with Crippen LogP contribution in [0, 0.1) is 11.7 Å². The smallest absolute Gasteiger partial charge is 0.297 e. The summed E-state index contributed by atoms with van der Waals surface area (Å²) in [6.45, 7) is 9.40. The molecule has 0 spiro atoms. The minimum atomic E-state index is -0.360. The lowest BCUT2D eigenvalue weighted by atomic mass is 9.99. The third kappa shape index (κ3) is 6.41. The number of benzene rings is 2. The summed E-state index contributed by atoms with van der Waals surface area (Å²) >= 11 is 4.48. The molecule has 0 saturated carbocycles. The molecule has 2 aromatic carbocycles. The standard InChI is InChI=1S/C27H34FN3O2S/c1-5-23-24(16-29-26(32)25(34)14-18(3)4)31(27(30-23)33-6-2)17-20-10-7-8-13-22(20)19-11-9-12-21(28)15-19/h7-13,15,18,25,34H,5-6,14,16-17H2,1-4H3,(H,29,32)/t25-/m0/s1. The van der Waals surface area contributed by atoms with Gasteiger partial charge in [-0.25, -0.2) is 4.39 Å². The number of carbonyl (C=O) groups excluding carboxylic acids is 1. The summed E-state index contributed by atoms with van der Waals surface area (Å²) in [7, 11) is 0. The Morgan fingerprint density at radius 1 is 1.18 bits per heavy atom. The molecule has 34 heavy (non-hydrogen) atoms. The Labute approximate surface area is 207 Å². The molecule has 1 amide bonds. The number of amides is 1. The molecule has 1 N–H and O–H groups in total. The molecule has 0 unspecified atom stereocenters. The maximum absolute atomic E-state index is 13.9. The number of imidazole rings is 1. The second kappa shape index (κ2) is 12.1. The van der Waals surface area contributed by atoms with Gasteiger partial charge in [0.05, 0.1) is 36.3 Å². The molecule has 7 heteroatoms. The molecule has 3 aromatic rings. The van der Waals surface area contributed by atoms with Gasteiger partial charge in [-0.2, -0.15) is 17.6 Å². The van der Waals surface area contributed by atoms with E-state index in [1.165, 1.54) is 12.1 Å². The van der Waals surface area contributed by atoms with E-state index in [1.807, 2.05) is 48.7 Å². The van der Waals surface area contributed by atoms with Crippen molar-refractivity contribution in [2.75, 3.05) is 6.61 Å². The van der Waals surface area contributed by atoms with Crippen LogP contribution >= 0.6 is 12.6 Å². The topological polar surface area (TPSA) is 56.1 Å². The molecule has 182 valence electrons. The minimum absolute atomic E-state index is 0.0926. The fourth-order valence-corrected chi connectivity index (χ4v) is 4.52. The highest BCUT2D eigenvalue weighted by Crippen LogP contribution is 2.28. The summed E-state index contributed by atoms with van der Waals surface area (Å²) < 4.78 is 21.8. The Hall–Kier alpha value is -2.80. The van der Waals surface area contributed by atoms with Crippen molar-refractivity contribution in [3.05, 3.63) is 71.3 Å². The van der Waals surface area contributed by atoms with Crippen LogP contribution in [0.3, 0.4) is 0 Å². The first-order valence-corrected chi connectivity index (χ1v) is 12.4. The number of nitrogens with one attached hydrogen (secondary N) is 1. The van der Waals surface area contributed by atoms with E-state index in [4.69, 9.17) is 9.72 Å². The molecular weight excluding hydrogens is 449 g/mol. The number of rotatable bonds is 11. The fourth-order valence-electron chi connectivity index (χ4n) is 4.00. The largest absolute Gasteiger partial charge is 0.465 e. The van der Waals surface area contributed by atoms with Gasteiger partial charge in [0.15, 0.2) is 0 Å². The molecule has 0 fully saturated rings. The van der Waals surface area contributed by atoms with Gasteiger partial charge in [-0.15, -0.1) is 0 Å². The van der Waals surface area contributed by atoms with E-state index < -0.39 is 0 Å². The number of carbonyl (C=O) groups is 1. The summed E-state index contributed by atoms with van der Waals surface area (Å²) in [5.74, 6) is 0.0168. The van der Waals surface area contributed by atoms with Gasteiger partial charge >= 0.3 is 0 Å². The average molecular weight is 484 g/mol. The predicted molar refractivity (Wildman–Crippen MR) is 138 cm³/mol. The normalized spacial score (nSPS) is 12.1. The summed E-state index contributed by atoms with van der Waals surface area (Å²) in [4.78, 5) is 17.4. The molecule has 3 rings (SSSR count). The highest BCUT2D eigenvalue weighted by atomic mass is 32.1. The molecule has 0 aliphatic carbocycles. The molecule has 1 heterocycles. The van der Waals surface area contributed by atoms with Crippen LogP contribution in [0.1, 0.15) is 51.1 Å². The van der Waals surface area contributed by atoms with E-state index in [9.17, 15) is 9.18 Å². The molecule has 1 atom stereocenters. The van der Waals surface area contributed by atoms with Crippen molar-refractivity contribution >= 4 is 18.5 Å². The number of nitrogens with zero attached hydrogens (tertiary/aromatic N) is 2. The van der Waals surface area contributed by atoms with E-state index in [0.717, 1.165) is 28.1 Å². The average Bonchev–Trinajstić information content (AvgIpc) is 3.13. The van der Waals surface area contributed by atoms with E-state index >= 15 is 0 Å². The van der Waals surface area contributed by atoms with Gasteiger partial charge in [-0.3, -0.25) is 9.36 Å². The first kappa shape index (κ1) is 25.8. The third-order valence-electron chi connectivity index (χ3n) is 5.64. The third-order valence-corrected chi connectivity index (χ3v) is 6.08. The lowest BCUT2D eigenvalue weighted by molar-refractivity contribution is -0.121. The van der Waals surface area contributed by atoms with Crippen LogP contribution in [0.25, 0.3) is 11.1 Å². The summed E-state index contributed by atoms with van der Waals surface area (Å²) in [5, 5.41) is 2.67. The van der Waals surface area contributed by atoms with Gasteiger partial charge < -0.3 is 10.1 Å². The molecule has 0 bridgehead atoms. The van der Waals surface area contributed by atoms with Crippen molar-refractivity contribution in [1.29, 1.82) is 0 Å². The second-order valence-corrected chi connectivity index (χ2v) is 9.31. The van der Waals surface area contributed by atoms with Crippen molar-refractivity contribution in [1.82, 2.24) is 14.9 Å².